The third-order valence-electron chi connectivity index (χ3n) is 3.57. The molecule has 0 saturated heterocycles. The predicted molar refractivity (Wildman–Crippen MR) is 98.5 cm³/mol. The molecule has 0 atom stereocenters. The van der Waals surface area contributed by atoms with Crippen LogP contribution >= 0.6 is 15.9 Å². The molecule has 2 aromatic rings. The third kappa shape index (κ3) is 5.25. The van der Waals surface area contributed by atoms with Gasteiger partial charge in [0.1, 0.15) is 0 Å². The number of benzene rings is 2. The van der Waals surface area contributed by atoms with Gasteiger partial charge in [-0.15, -0.1) is 0 Å². The van der Waals surface area contributed by atoms with E-state index in [9.17, 15) is 4.79 Å². The molecule has 0 amide bonds. The zero-order chi connectivity index (χ0) is 16.7. The van der Waals surface area contributed by atoms with Crippen LogP contribution in [-0.4, -0.2) is 26.7 Å². The van der Waals surface area contributed by atoms with Crippen LogP contribution in [0.3, 0.4) is 0 Å². The number of anilines is 1. The number of ether oxygens (including phenoxy) is 1. The maximum atomic E-state index is 12.0. The lowest BCUT2D eigenvalue weighted by atomic mass is 10.1. The zero-order valence-electron chi connectivity index (χ0n) is 13.3. The Kier molecular flexibility index (Phi) is 6.41. The van der Waals surface area contributed by atoms with Gasteiger partial charge in [0, 0.05) is 29.3 Å². The van der Waals surface area contributed by atoms with Gasteiger partial charge in [0.2, 0.25) is 0 Å². The first-order valence-electron chi connectivity index (χ1n) is 7.41. The van der Waals surface area contributed by atoms with Gasteiger partial charge in [0.15, 0.2) is 0 Å². The quantitative estimate of drug-likeness (QED) is 0.550. The van der Waals surface area contributed by atoms with Crippen LogP contribution in [0.25, 0.3) is 6.08 Å². The van der Waals surface area contributed by atoms with Crippen molar-refractivity contribution in [2.24, 2.45) is 0 Å². The molecule has 0 aliphatic rings. The number of halogens is 1. The predicted octanol–water partition coefficient (Wildman–Crippen LogP) is 4.53. The molecule has 0 aliphatic carbocycles. The van der Waals surface area contributed by atoms with Crippen molar-refractivity contribution in [1.29, 1.82) is 0 Å². The summed E-state index contributed by atoms with van der Waals surface area (Å²) in [5.41, 5.74) is 2.78. The molecule has 0 N–H and O–H groups in total. The molecule has 0 spiro atoms. The Bertz CT molecular complexity index is 666. The van der Waals surface area contributed by atoms with Gasteiger partial charge < -0.3 is 9.64 Å². The second-order valence-electron chi connectivity index (χ2n) is 5.22. The van der Waals surface area contributed by atoms with Gasteiger partial charge in [-0.05, 0) is 42.3 Å². The fourth-order valence-corrected chi connectivity index (χ4v) is 2.49. The molecule has 0 aromatic heterocycles. The largest absolute Gasteiger partial charge is 0.466 e. The van der Waals surface area contributed by atoms with Gasteiger partial charge in [-0.2, -0.15) is 0 Å². The number of carbonyl (C=O) groups excluding carboxylic acids is 1. The summed E-state index contributed by atoms with van der Waals surface area (Å²) in [5.74, 6) is -0.280. The van der Waals surface area contributed by atoms with E-state index in [4.69, 9.17) is 4.74 Å². The minimum absolute atomic E-state index is 0.280. The molecular formula is C19H20BrNO2. The Morgan fingerprint density at radius 1 is 1.13 bits per heavy atom. The van der Waals surface area contributed by atoms with Crippen molar-refractivity contribution >= 4 is 33.7 Å². The summed E-state index contributed by atoms with van der Waals surface area (Å²) in [6.07, 6.45) is 2.51. The summed E-state index contributed by atoms with van der Waals surface area (Å²) in [4.78, 5) is 14.1. The van der Waals surface area contributed by atoms with Crippen LogP contribution in [0.1, 0.15) is 12.0 Å². The first-order chi connectivity index (χ1) is 11.1. The molecule has 0 bridgehead atoms. The van der Waals surface area contributed by atoms with Gasteiger partial charge in [-0.1, -0.05) is 46.3 Å². The number of esters is 1. The Balaban J connectivity index is 2.08. The molecule has 3 nitrogen and oxygen atoms in total. The summed E-state index contributed by atoms with van der Waals surface area (Å²) in [6, 6.07) is 17.9. The number of rotatable bonds is 6. The lowest BCUT2D eigenvalue weighted by Crippen LogP contribution is -2.20. The van der Waals surface area contributed by atoms with Crippen LogP contribution in [-0.2, 0) is 9.53 Å². The second kappa shape index (κ2) is 8.53. The van der Waals surface area contributed by atoms with E-state index < -0.39 is 0 Å². The maximum absolute atomic E-state index is 12.0. The van der Waals surface area contributed by atoms with Crippen molar-refractivity contribution in [2.45, 2.75) is 6.42 Å². The van der Waals surface area contributed by atoms with E-state index >= 15 is 0 Å². The molecule has 120 valence electrons. The molecule has 0 saturated carbocycles. The van der Waals surface area contributed by atoms with E-state index in [-0.39, 0.29) is 5.97 Å². The van der Waals surface area contributed by atoms with Crippen molar-refractivity contribution in [3.63, 3.8) is 0 Å². The van der Waals surface area contributed by atoms with Gasteiger partial charge in [0.05, 0.1) is 7.11 Å². The molecule has 23 heavy (non-hydrogen) atoms. The summed E-state index contributed by atoms with van der Waals surface area (Å²) in [5, 5.41) is 0. The lowest BCUT2D eigenvalue weighted by Gasteiger charge is -2.19. The highest BCUT2D eigenvalue weighted by atomic mass is 79.9. The SMILES string of the molecule is COC(=O)/C(=C/c1ccccc1)CCN(C)c1ccc(Br)cc1. The molecule has 0 fully saturated rings. The first kappa shape index (κ1) is 17.3. The number of hydrogen-bond donors (Lipinski definition) is 0. The van der Waals surface area contributed by atoms with Crippen LogP contribution < -0.4 is 4.90 Å². The maximum Gasteiger partial charge on any atom is 0.333 e. The number of nitrogens with zero attached hydrogens (tertiary/aromatic N) is 1. The summed E-state index contributed by atoms with van der Waals surface area (Å²) < 4.78 is 5.96. The Labute approximate surface area is 145 Å². The van der Waals surface area contributed by atoms with E-state index in [1.165, 1.54) is 7.11 Å². The number of methoxy groups -OCH3 is 1. The summed E-state index contributed by atoms with van der Waals surface area (Å²) in [7, 11) is 3.43. The third-order valence-corrected chi connectivity index (χ3v) is 4.10. The molecular weight excluding hydrogens is 354 g/mol. The Hall–Kier alpha value is -2.07. The monoisotopic (exact) mass is 373 g/mol. The molecule has 2 rings (SSSR count). The van der Waals surface area contributed by atoms with E-state index in [1.54, 1.807) is 0 Å². The van der Waals surface area contributed by atoms with Crippen LogP contribution in [0.15, 0.2) is 64.6 Å². The minimum atomic E-state index is -0.280. The van der Waals surface area contributed by atoms with Gasteiger partial charge in [-0.3, -0.25) is 0 Å². The van der Waals surface area contributed by atoms with E-state index in [2.05, 4.69) is 20.8 Å². The zero-order valence-corrected chi connectivity index (χ0v) is 14.9. The van der Waals surface area contributed by atoms with Gasteiger partial charge in [0.25, 0.3) is 0 Å². The Morgan fingerprint density at radius 3 is 2.39 bits per heavy atom. The van der Waals surface area contributed by atoms with Crippen LogP contribution in [0, 0.1) is 0 Å². The highest BCUT2D eigenvalue weighted by Crippen LogP contribution is 2.19. The van der Waals surface area contributed by atoms with E-state index in [1.807, 2.05) is 67.7 Å². The van der Waals surface area contributed by atoms with Gasteiger partial charge >= 0.3 is 5.97 Å². The average Bonchev–Trinajstić information content (AvgIpc) is 2.59. The Morgan fingerprint density at radius 2 is 1.78 bits per heavy atom. The molecule has 4 heteroatoms. The molecule has 0 radical (unpaired) electrons. The molecule has 2 aromatic carbocycles. The van der Waals surface area contributed by atoms with E-state index in [0.29, 0.717) is 12.0 Å². The van der Waals surface area contributed by atoms with Crippen molar-refractivity contribution in [3.8, 4) is 0 Å². The van der Waals surface area contributed by atoms with Crippen LogP contribution in [0.5, 0.6) is 0 Å². The smallest absolute Gasteiger partial charge is 0.333 e. The summed E-state index contributed by atoms with van der Waals surface area (Å²) >= 11 is 3.43. The van der Waals surface area contributed by atoms with Crippen LogP contribution in [0.2, 0.25) is 0 Å². The minimum Gasteiger partial charge on any atom is -0.466 e. The highest BCUT2D eigenvalue weighted by molar-refractivity contribution is 9.10. The first-order valence-corrected chi connectivity index (χ1v) is 8.20. The number of carbonyl (C=O) groups is 1. The van der Waals surface area contributed by atoms with E-state index in [0.717, 1.165) is 22.3 Å². The average molecular weight is 374 g/mol. The van der Waals surface area contributed by atoms with Crippen LogP contribution in [0.4, 0.5) is 5.69 Å². The van der Waals surface area contributed by atoms with Crippen molar-refractivity contribution in [2.75, 3.05) is 25.6 Å². The number of hydrogen-bond acceptors (Lipinski definition) is 3. The fraction of sp³-hybridized carbons (Fsp3) is 0.211. The van der Waals surface area contributed by atoms with Gasteiger partial charge in [-0.25, -0.2) is 4.79 Å². The normalized spacial score (nSPS) is 11.2. The van der Waals surface area contributed by atoms with Crippen molar-refractivity contribution in [1.82, 2.24) is 0 Å². The lowest BCUT2D eigenvalue weighted by molar-refractivity contribution is -0.136. The topological polar surface area (TPSA) is 29.5 Å². The standard InChI is InChI=1S/C19H20BrNO2/c1-21(18-10-8-17(20)9-11-18)13-12-16(19(22)23-2)14-15-6-4-3-5-7-15/h3-11,14H,12-13H2,1-2H3/b16-14+. The highest BCUT2D eigenvalue weighted by Gasteiger charge is 2.11. The second-order valence-corrected chi connectivity index (χ2v) is 6.14. The molecule has 0 aliphatic heterocycles. The summed E-state index contributed by atoms with van der Waals surface area (Å²) in [6.45, 7) is 0.732. The molecule has 0 heterocycles. The molecule has 0 unspecified atom stereocenters. The van der Waals surface area contributed by atoms with Crippen molar-refractivity contribution < 1.29 is 9.53 Å². The van der Waals surface area contributed by atoms with Crippen molar-refractivity contribution in [3.05, 3.63) is 70.2 Å². The fourth-order valence-electron chi connectivity index (χ4n) is 2.23.